The molecular weight excluding hydrogens is 601 g/mol. The first-order chi connectivity index (χ1) is 24.3. The van der Waals surface area contributed by atoms with Gasteiger partial charge in [0.05, 0.1) is 38.7 Å². The van der Waals surface area contributed by atoms with Crippen molar-refractivity contribution < 1.29 is 4.42 Å². The van der Waals surface area contributed by atoms with E-state index in [4.69, 9.17) is 14.4 Å². The van der Waals surface area contributed by atoms with E-state index in [1.807, 2.05) is 24.3 Å². The third-order valence-electron chi connectivity index (χ3n) is 9.92. The number of nitrogens with zero attached hydrogens (tertiary/aromatic N) is 4. The van der Waals surface area contributed by atoms with Crippen molar-refractivity contribution >= 4 is 76.5 Å². The van der Waals surface area contributed by atoms with Crippen molar-refractivity contribution in [3.05, 3.63) is 158 Å². The number of aromatic nitrogens is 4. The first-order valence-electron chi connectivity index (χ1n) is 16.5. The summed E-state index contributed by atoms with van der Waals surface area (Å²) in [7, 11) is 0. The summed E-state index contributed by atoms with van der Waals surface area (Å²) in [5, 5.41) is 7.76. The Labute approximate surface area is 279 Å². The van der Waals surface area contributed by atoms with Crippen LogP contribution >= 0.6 is 0 Å². The van der Waals surface area contributed by atoms with Gasteiger partial charge in [-0.15, -0.1) is 0 Å². The van der Waals surface area contributed by atoms with Crippen molar-refractivity contribution in [1.29, 1.82) is 0 Å². The summed E-state index contributed by atoms with van der Waals surface area (Å²) in [5.74, 6) is 0.620. The van der Waals surface area contributed by atoms with Crippen LogP contribution in [0.4, 0.5) is 0 Å². The molecule has 228 valence electrons. The van der Waals surface area contributed by atoms with Gasteiger partial charge in [0, 0.05) is 43.6 Å². The second-order valence-corrected chi connectivity index (χ2v) is 12.6. The molecule has 11 rings (SSSR count). The van der Waals surface area contributed by atoms with Crippen molar-refractivity contribution in [2.75, 3.05) is 0 Å². The van der Waals surface area contributed by atoms with Crippen LogP contribution in [-0.4, -0.2) is 19.1 Å². The standard InChI is InChI=1S/C44H26N4O/c1-3-13-27(14-4-1)42-32-19-7-10-20-35(32)45-44(46-42)48-37-24-23-31-30-18-9-12-22-40(30)49-43(31)41(37)34-25-33-29-17-8-11-21-36(29)47(38(33)26-39(34)48)28-15-5-2-6-16-28/h1-26H. The Morgan fingerprint density at radius 3 is 1.98 bits per heavy atom. The van der Waals surface area contributed by atoms with Crippen LogP contribution in [0.3, 0.4) is 0 Å². The molecule has 0 aliphatic heterocycles. The van der Waals surface area contributed by atoms with Crippen molar-refractivity contribution in [2.24, 2.45) is 0 Å². The Hall–Kier alpha value is -6.72. The fraction of sp³-hybridized carbons (Fsp3) is 0. The average Bonchev–Trinajstić information content (AvgIpc) is 3.81. The minimum absolute atomic E-state index is 0.620. The van der Waals surface area contributed by atoms with E-state index in [9.17, 15) is 0 Å². The van der Waals surface area contributed by atoms with E-state index in [1.54, 1.807) is 0 Å². The smallest absolute Gasteiger partial charge is 0.235 e. The van der Waals surface area contributed by atoms with Crippen LogP contribution in [0.25, 0.3) is 99.3 Å². The largest absolute Gasteiger partial charge is 0.455 e. The molecule has 0 radical (unpaired) electrons. The molecule has 0 saturated carbocycles. The third-order valence-corrected chi connectivity index (χ3v) is 9.92. The molecule has 49 heavy (non-hydrogen) atoms. The molecule has 4 aromatic heterocycles. The molecule has 0 atom stereocenters. The summed E-state index contributed by atoms with van der Waals surface area (Å²) >= 11 is 0. The van der Waals surface area contributed by atoms with Crippen LogP contribution in [0.5, 0.6) is 0 Å². The summed E-state index contributed by atoms with van der Waals surface area (Å²) < 4.78 is 11.3. The zero-order valence-electron chi connectivity index (χ0n) is 26.2. The third kappa shape index (κ3) is 3.70. The van der Waals surface area contributed by atoms with E-state index >= 15 is 0 Å². The van der Waals surface area contributed by atoms with Crippen molar-refractivity contribution in [3.63, 3.8) is 0 Å². The maximum atomic E-state index is 6.70. The number of para-hydroxylation sites is 4. The van der Waals surface area contributed by atoms with Gasteiger partial charge >= 0.3 is 0 Å². The van der Waals surface area contributed by atoms with E-state index in [1.165, 1.54) is 10.8 Å². The van der Waals surface area contributed by atoms with E-state index < -0.39 is 0 Å². The average molecular weight is 627 g/mol. The molecule has 0 spiro atoms. The zero-order chi connectivity index (χ0) is 32.1. The highest BCUT2D eigenvalue weighted by Crippen LogP contribution is 2.43. The number of benzene rings is 7. The summed E-state index contributed by atoms with van der Waals surface area (Å²) in [6.45, 7) is 0. The zero-order valence-corrected chi connectivity index (χ0v) is 26.2. The number of fused-ring (bicyclic) bond motifs is 11. The molecule has 0 fully saturated rings. The normalized spacial score (nSPS) is 12.1. The van der Waals surface area contributed by atoms with Crippen LogP contribution in [-0.2, 0) is 0 Å². The minimum Gasteiger partial charge on any atom is -0.455 e. The summed E-state index contributed by atoms with van der Waals surface area (Å²) in [6, 6.07) is 55.2. The Morgan fingerprint density at radius 2 is 1.12 bits per heavy atom. The molecule has 0 saturated heterocycles. The van der Waals surface area contributed by atoms with Gasteiger partial charge in [0.25, 0.3) is 0 Å². The van der Waals surface area contributed by atoms with E-state index in [-0.39, 0.29) is 0 Å². The Balaban J connectivity index is 1.35. The topological polar surface area (TPSA) is 48.8 Å². The van der Waals surface area contributed by atoms with Gasteiger partial charge in [0.2, 0.25) is 5.95 Å². The van der Waals surface area contributed by atoms with Gasteiger partial charge in [0.1, 0.15) is 11.2 Å². The Kier molecular flexibility index (Phi) is 5.32. The fourth-order valence-corrected chi connectivity index (χ4v) is 7.80. The number of hydrogen-bond acceptors (Lipinski definition) is 3. The van der Waals surface area contributed by atoms with E-state index in [0.29, 0.717) is 5.95 Å². The Bertz CT molecular complexity index is 3100. The second kappa shape index (κ2) is 9.89. The lowest BCUT2D eigenvalue weighted by Crippen LogP contribution is -2.03. The summed E-state index contributed by atoms with van der Waals surface area (Å²) in [5.41, 5.74) is 10.0. The van der Waals surface area contributed by atoms with Crippen LogP contribution < -0.4 is 0 Å². The number of furan rings is 1. The molecule has 0 N–H and O–H groups in total. The second-order valence-electron chi connectivity index (χ2n) is 12.6. The predicted octanol–water partition coefficient (Wildman–Crippen LogP) is 11.4. The van der Waals surface area contributed by atoms with E-state index in [0.717, 1.165) is 82.6 Å². The van der Waals surface area contributed by atoms with Gasteiger partial charge in [-0.3, -0.25) is 4.57 Å². The predicted molar refractivity (Wildman–Crippen MR) is 201 cm³/mol. The molecule has 0 aliphatic carbocycles. The lowest BCUT2D eigenvalue weighted by molar-refractivity contribution is 0.673. The van der Waals surface area contributed by atoms with Gasteiger partial charge in [-0.2, -0.15) is 0 Å². The van der Waals surface area contributed by atoms with Gasteiger partial charge in [0.15, 0.2) is 0 Å². The van der Waals surface area contributed by atoms with Crippen LogP contribution in [0.2, 0.25) is 0 Å². The van der Waals surface area contributed by atoms with E-state index in [2.05, 4.69) is 143 Å². The lowest BCUT2D eigenvalue weighted by atomic mass is 10.1. The molecule has 0 unspecified atom stereocenters. The van der Waals surface area contributed by atoms with Crippen molar-refractivity contribution in [2.45, 2.75) is 0 Å². The molecule has 4 heterocycles. The molecule has 5 heteroatoms. The van der Waals surface area contributed by atoms with Crippen LogP contribution in [0.15, 0.2) is 162 Å². The molecule has 11 aromatic rings. The highest BCUT2D eigenvalue weighted by atomic mass is 16.3. The van der Waals surface area contributed by atoms with Gasteiger partial charge in [-0.25, -0.2) is 9.97 Å². The van der Waals surface area contributed by atoms with Gasteiger partial charge in [-0.05, 0) is 54.6 Å². The fourth-order valence-electron chi connectivity index (χ4n) is 7.80. The van der Waals surface area contributed by atoms with Gasteiger partial charge < -0.3 is 8.98 Å². The van der Waals surface area contributed by atoms with Gasteiger partial charge in [-0.1, -0.05) is 103 Å². The lowest BCUT2D eigenvalue weighted by Gasteiger charge is -2.12. The molecule has 7 aromatic carbocycles. The molecule has 0 amide bonds. The molecule has 0 aliphatic rings. The summed E-state index contributed by atoms with van der Waals surface area (Å²) in [6.07, 6.45) is 0. The Morgan fingerprint density at radius 1 is 0.429 bits per heavy atom. The highest BCUT2D eigenvalue weighted by molar-refractivity contribution is 6.26. The number of rotatable bonds is 3. The quantitative estimate of drug-likeness (QED) is 0.196. The maximum Gasteiger partial charge on any atom is 0.235 e. The SMILES string of the molecule is c1ccc(-c2nc(-n3c4cc5c(cc4c4c6oc7ccccc7c6ccc43)c3ccccc3n5-c3ccccc3)nc3ccccc23)cc1. The molecular formula is C44H26N4O. The maximum absolute atomic E-state index is 6.70. The minimum atomic E-state index is 0.620. The molecule has 0 bridgehead atoms. The first kappa shape index (κ1) is 26.4. The first-order valence-corrected chi connectivity index (χ1v) is 16.5. The van der Waals surface area contributed by atoms with Crippen molar-refractivity contribution in [1.82, 2.24) is 19.1 Å². The van der Waals surface area contributed by atoms with Crippen LogP contribution in [0.1, 0.15) is 0 Å². The van der Waals surface area contributed by atoms with Crippen molar-refractivity contribution in [3.8, 4) is 22.9 Å². The monoisotopic (exact) mass is 626 g/mol. The summed E-state index contributed by atoms with van der Waals surface area (Å²) in [4.78, 5) is 10.6. The molecule has 5 nitrogen and oxygen atoms in total. The highest BCUT2D eigenvalue weighted by Gasteiger charge is 2.23. The van der Waals surface area contributed by atoms with Crippen LogP contribution in [0, 0.1) is 0 Å². The number of hydrogen-bond donors (Lipinski definition) is 0.